The molecule has 3 aromatic rings. The number of hydrogen-bond donors (Lipinski definition) is 1. The molecule has 19 heavy (non-hydrogen) atoms. The van der Waals surface area contributed by atoms with Crippen molar-refractivity contribution in [2.75, 3.05) is 0 Å². The zero-order valence-corrected chi connectivity index (χ0v) is 11.0. The molecule has 96 valence electrons. The third-order valence-electron chi connectivity index (χ3n) is 3.26. The van der Waals surface area contributed by atoms with E-state index in [4.69, 9.17) is 0 Å². The van der Waals surface area contributed by atoms with Gasteiger partial charge in [-0.15, -0.1) is 0 Å². The van der Waals surface area contributed by atoms with E-state index >= 15 is 0 Å². The summed E-state index contributed by atoms with van der Waals surface area (Å²) in [4.78, 5) is 8.68. The monoisotopic (exact) mass is 253 g/mol. The van der Waals surface area contributed by atoms with Gasteiger partial charge in [0.1, 0.15) is 17.1 Å². The lowest BCUT2D eigenvalue weighted by Crippen LogP contribution is -1.97. The first-order valence-corrected chi connectivity index (χ1v) is 6.31. The van der Waals surface area contributed by atoms with Crippen LogP contribution in [0.2, 0.25) is 0 Å². The van der Waals surface area contributed by atoms with Gasteiger partial charge in [0.15, 0.2) is 0 Å². The number of nitrogens with zero attached hydrogens (tertiary/aromatic N) is 3. The summed E-state index contributed by atoms with van der Waals surface area (Å²) in [5, 5.41) is 10.1. The fourth-order valence-corrected chi connectivity index (χ4v) is 2.34. The first-order chi connectivity index (χ1) is 9.20. The van der Waals surface area contributed by atoms with Gasteiger partial charge >= 0.3 is 0 Å². The molecule has 0 saturated heterocycles. The molecule has 2 aromatic heterocycles. The van der Waals surface area contributed by atoms with Crippen LogP contribution in [-0.2, 0) is 6.54 Å². The summed E-state index contributed by atoms with van der Waals surface area (Å²) in [5.74, 6) is 1.04. The second-order valence-corrected chi connectivity index (χ2v) is 4.56. The van der Waals surface area contributed by atoms with Crippen molar-refractivity contribution in [3.8, 4) is 17.1 Å². The average molecular weight is 253 g/mol. The van der Waals surface area contributed by atoms with Gasteiger partial charge in [0.25, 0.3) is 0 Å². The molecule has 0 fully saturated rings. The molecular formula is C15H15N3O. The number of benzene rings is 1. The number of pyridine rings is 1. The summed E-state index contributed by atoms with van der Waals surface area (Å²) in [6.07, 6.45) is 3.51. The smallest absolute Gasteiger partial charge is 0.144 e. The summed E-state index contributed by atoms with van der Waals surface area (Å²) >= 11 is 0. The largest absolute Gasteiger partial charge is 0.507 e. The molecule has 0 bridgehead atoms. The van der Waals surface area contributed by atoms with Gasteiger partial charge in [-0.25, -0.2) is 4.98 Å². The minimum atomic E-state index is 0.262. The molecule has 4 nitrogen and oxygen atoms in total. The molecule has 0 spiro atoms. The van der Waals surface area contributed by atoms with Crippen LogP contribution >= 0.6 is 0 Å². The summed E-state index contributed by atoms with van der Waals surface area (Å²) < 4.78 is 2.08. The van der Waals surface area contributed by atoms with E-state index in [-0.39, 0.29) is 5.75 Å². The minimum Gasteiger partial charge on any atom is -0.507 e. The van der Waals surface area contributed by atoms with Crippen molar-refractivity contribution in [2.24, 2.45) is 0 Å². The Morgan fingerprint density at radius 3 is 2.84 bits per heavy atom. The Bertz CT molecular complexity index is 746. The Hall–Kier alpha value is -2.36. The molecule has 2 heterocycles. The van der Waals surface area contributed by atoms with Crippen LogP contribution in [-0.4, -0.2) is 19.6 Å². The number of aromatic hydroxyl groups is 1. The highest BCUT2D eigenvalue weighted by molar-refractivity contribution is 5.81. The zero-order chi connectivity index (χ0) is 13.4. The van der Waals surface area contributed by atoms with Crippen molar-refractivity contribution in [1.29, 1.82) is 0 Å². The second-order valence-electron chi connectivity index (χ2n) is 4.56. The van der Waals surface area contributed by atoms with Crippen LogP contribution in [0.25, 0.3) is 22.4 Å². The molecule has 0 saturated carbocycles. The van der Waals surface area contributed by atoms with Gasteiger partial charge in [0.2, 0.25) is 0 Å². The van der Waals surface area contributed by atoms with Crippen molar-refractivity contribution in [1.82, 2.24) is 14.5 Å². The van der Waals surface area contributed by atoms with Gasteiger partial charge in [-0.2, -0.15) is 0 Å². The van der Waals surface area contributed by atoms with Gasteiger partial charge in [0.05, 0.1) is 17.3 Å². The highest BCUT2D eigenvalue weighted by atomic mass is 16.3. The van der Waals surface area contributed by atoms with E-state index in [1.165, 1.54) is 0 Å². The van der Waals surface area contributed by atoms with Crippen molar-refractivity contribution >= 4 is 11.0 Å². The molecule has 0 aliphatic carbocycles. The van der Waals surface area contributed by atoms with E-state index in [1.54, 1.807) is 18.5 Å². The van der Waals surface area contributed by atoms with Crippen LogP contribution < -0.4 is 0 Å². The molecule has 0 atom stereocenters. The molecule has 1 aromatic carbocycles. The van der Waals surface area contributed by atoms with Crippen LogP contribution in [0.4, 0.5) is 0 Å². The average Bonchev–Trinajstić information content (AvgIpc) is 2.76. The fraction of sp³-hybridized carbons (Fsp3) is 0.200. The third-order valence-corrected chi connectivity index (χ3v) is 3.26. The minimum absolute atomic E-state index is 0.262. The Kier molecular flexibility index (Phi) is 2.71. The Labute approximate surface area is 111 Å². The van der Waals surface area contributed by atoms with Crippen LogP contribution in [0.15, 0.2) is 36.7 Å². The predicted octanol–water partition coefficient (Wildman–Crippen LogP) is 3.13. The second kappa shape index (κ2) is 4.39. The van der Waals surface area contributed by atoms with E-state index in [9.17, 15) is 5.11 Å². The highest BCUT2D eigenvalue weighted by Crippen LogP contribution is 2.31. The first kappa shape index (κ1) is 11.7. The number of fused-ring (bicyclic) bond motifs is 1. The molecule has 1 N–H and O–H groups in total. The Morgan fingerprint density at radius 1 is 1.26 bits per heavy atom. The highest BCUT2D eigenvalue weighted by Gasteiger charge is 2.14. The summed E-state index contributed by atoms with van der Waals surface area (Å²) in [5.41, 5.74) is 3.66. The van der Waals surface area contributed by atoms with E-state index in [0.29, 0.717) is 0 Å². The number of hydrogen-bond acceptors (Lipinski definition) is 3. The molecular weight excluding hydrogens is 238 g/mol. The number of aromatic nitrogens is 3. The van der Waals surface area contributed by atoms with Gasteiger partial charge in [-0.3, -0.25) is 4.98 Å². The molecule has 0 radical (unpaired) electrons. The topological polar surface area (TPSA) is 50.9 Å². The SMILES string of the molecule is CCn1c(-c2ccc(C)cc2O)nc2cnccc21. The molecule has 0 aliphatic rings. The lowest BCUT2D eigenvalue weighted by molar-refractivity contribution is 0.476. The van der Waals surface area contributed by atoms with Gasteiger partial charge in [-0.1, -0.05) is 6.07 Å². The Balaban J connectivity index is 2.30. The fourth-order valence-electron chi connectivity index (χ4n) is 2.34. The molecule has 3 rings (SSSR count). The predicted molar refractivity (Wildman–Crippen MR) is 75.0 cm³/mol. The normalized spacial score (nSPS) is 11.1. The third kappa shape index (κ3) is 1.85. The van der Waals surface area contributed by atoms with Crippen molar-refractivity contribution < 1.29 is 5.11 Å². The van der Waals surface area contributed by atoms with E-state index in [1.807, 2.05) is 25.1 Å². The van der Waals surface area contributed by atoms with Crippen LogP contribution in [0.3, 0.4) is 0 Å². The molecule has 0 amide bonds. The lowest BCUT2D eigenvalue weighted by Gasteiger charge is -2.08. The van der Waals surface area contributed by atoms with E-state index in [0.717, 1.165) is 34.5 Å². The van der Waals surface area contributed by atoms with Crippen molar-refractivity contribution in [3.05, 3.63) is 42.2 Å². The number of phenolic OH excluding ortho intramolecular Hbond substituents is 1. The van der Waals surface area contributed by atoms with E-state index in [2.05, 4.69) is 21.5 Å². The lowest BCUT2D eigenvalue weighted by atomic mass is 10.1. The summed E-state index contributed by atoms with van der Waals surface area (Å²) in [6, 6.07) is 7.59. The molecule has 0 unspecified atom stereocenters. The van der Waals surface area contributed by atoms with Crippen LogP contribution in [0, 0.1) is 6.92 Å². The maximum Gasteiger partial charge on any atom is 0.144 e. The number of phenols is 1. The van der Waals surface area contributed by atoms with Crippen molar-refractivity contribution in [3.63, 3.8) is 0 Å². The van der Waals surface area contributed by atoms with Crippen LogP contribution in [0.5, 0.6) is 5.75 Å². The molecule has 4 heteroatoms. The van der Waals surface area contributed by atoms with Gasteiger partial charge in [-0.05, 0) is 37.6 Å². The quantitative estimate of drug-likeness (QED) is 0.763. The maximum atomic E-state index is 10.1. The Morgan fingerprint density at radius 2 is 2.11 bits per heavy atom. The number of aryl methyl sites for hydroxylation is 2. The first-order valence-electron chi connectivity index (χ1n) is 6.31. The van der Waals surface area contributed by atoms with Gasteiger partial charge in [0, 0.05) is 12.7 Å². The maximum absolute atomic E-state index is 10.1. The molecule has 0 aliphatic heterocycles. The van der Waals surface area contributed by atoms with Crippen molar-refractivity contribution in [2.45, 2.75) is 20.4 Å². The summed E-state index contributed by atoms with van der Waals surface area (Å²) in [7, 11) is 0. The standard InChI is InChI=1S/C15H15N3O/c1-3-18-13-6-7-16-9-12(13)17-15(18)11-5-4-10(2)8-14(11)19/h4-9,19H,3H2,1-2H3. The zero-order valence-electron chi connectivity index (χ0n) is 11.0. The summed E-state index contributed by atoms with van der Waals surface area (Å²) in [6.45, 7) is 4.82. The van der Waals surface area contributed by atoms with E-state index < -0.39 is 0 Å². The van der Waals surface area contributed by atoms with Crippen LogP contribution in [0.1, 0.15) is 12.5 Å². The van der Waals surface area contributed by atoms with Gasteiger partial charge < -0.3 is 9.67 Å². The number of imidazole rings is 1. The number of rotatable bonds is 2.